The first-order valence-electron chi connectivity index (χ1n) is 15.8. The van der Waals surface area contributed by atoms with Crippen LogP contribution in [-0.2, 0) is 39.2 Å². The van der Waals surface area contributed by atoms with Crippen LogP contribution in [-0.4, -0.2) is 46.7 Å². The van der Waals surface area contributed by atoms with E-state index in [4.69, 9.17) is 29.8 Å². The molecule has 48 heavy (non-hydrogen) atoms. The van der Waals surface area contributed by atoms with Crippen LogP contribution in [0, 0.1) is 0 Å². The molecule has 253 valence electrons. The second kappa shape index (κ2) is 19.8. The van der Waals surface area contributed by atoms with Crippen LogP contribution >= 0.6 is 0 Å². The first kappa shape index (κ1) is 39.4. The third-order valence-corrected chi connectivity index (χ3v) is 7.67. The number of benzene rings is 4. The van der Waals surface area contributed by atoms with E-state index in [0.29, 0.717) is 11.5 Å². The van der Waals surface area contributed by atoms with Crippen LogP contribution in [0.15, 0.2) is 94.9 Å². The smallest absolute Gasteiger partial charge is 0.550 e. The van der Waals surface area contributed by atoms with Gasteiger partial charge in [0.2, 0.25) is 0 Å². The van der Waals surface area contributed by atoms with E-state index in [1.54, 1.807) is 0 Å². The molecule has 0 amide bonds. The monoisotopic (exact) mass is 693 g/mol. The van der Waals surface area contributed by atoms with Crippen molar-refractivity contribution in [3.8, 4) is 33.8 Å². The SMILES string of the molecule is CC(=O)[O-].CC(=O)[O-].CCc1cc(-c2ccccc2)cc(C=NC2CCCC2N=Cc2cc(-c3ccccc3)cc(CC)c2O)c1O.[Co+2]. The molecule has 8 nitrogen and oxygen atoms in total. The van der Waals surface area contributed by atoms with Crippen LogP contribution in [0.5, 0.6) is 11.5 Å². The number of hydrogen-bond acceptors (Lipinski definition) is 8. The number of carbonyl (C=O) groups is 2. The third-order valence-electron chi connectivity index (χ3n) is 7.67. The fourth-order valence-electron chi connectivity index (χ4n) is 5.39. The van der Waals surface area contributed by atoms with Gasteiger partial charge in [0.15, 0.2) is 0 Å². The summed E-state index contributed by atoms with van der Waals surface area (Å²) in [6, 6.07) is 28.7. The fourth-order valence-corrected chi connectivity index (χ4v) is 5.39. The summed E-state index contributed by atoms with van der Waals surface area (Å²) in [6.07, 6.45) is 8.09. The molecular formula is C39H42CoN2O6. The summed E-state index contributed by atoms with van der Waals surface area (Å²) in [5.74, 6) is -1.57. The van der Waals surface area contributed by atoms with Crippen molar-refractivity contribution in [2.24, 2.45) is 9.98 Å². The van der Waals surface area contributed by atoms with Crippen molar-refractivity contribution in [1.29, 1.82) is 0 Å². The molecule has 4 aromatic carbocycles. The van der Waals surface area contributed by atoms with E-state index in [2.05, 4.69) is 50.2 Å². The van der Waals surface area contributed by atoms with E-state index in [1.807, 2.05) is 61.0 Å². The quantitative estimate of drug-likeness (QED) is 0.233. The van der Waals surface area contributed by atoms with E-state index < -0.39 is 11.9 Å². The van der Waals surface area contributed by atoms with E-state index in [0.717, 1.165) is 90.5 Å². The van der Waals surface area contributed by atoms with Crippen molar-refractivity contribution < 1.29 is 46.8 Å². The molecule has 0 aliphatic heterocycles. The van der Waals surface area contributed by atoms with Gasteiger partial charge in [0.25, 0.3) is 0 Å². The molecule has 0 aromatic heterocycles. The molecule has 0 bridgehead atoms. The summed E-state index contributed by atoms with van der Waals surface area (Å²) in [5, 5.41) is 39.6. The Morgan fingerprint density at radius 1 is 0.667 bits per heavy atom. The van der Waals surface area contributed by atoms with Gasteiger partial charge in [0.1, 0.15) is 11.5 Å². The molecule has 0 saturated heterocycles. The largest absolute Gasteiger partial charge is 2.00 e. The molecule has 0 spiro atoms. The van der Waals surface area contributed by atoms with Crippen molar-refractivity contribution >= 4 is 24.4 Å². The zero-order valence-electron chi connectivity index (χ0n) is 27.7. The Morgan fingerprint density at radius 2 is 1.00 bits per heavy atom. The van der Waals surface area contributed by atoms with Crippen molar-refractivity contribution in [3.05, 3.63) is 107 Å². The normalized spacial score (nSPS) is 15.2. The molecule has 1 aliphatic carbocycles. The third kappa shape index (κ3) is 11.8. The molecule has 2 atom stereocenters. The van der Waals surface area contributed by atoms with Gasteiger partial charge in [-0.15, -0.1) is 0 Å². The number of aryl methyl sites for hydroxylation is 2. The number of carboxylic acids is 2. The molecule has 4 aromatic rings. The van der Waals surface area contributed by atoms with Gasteiger partial charge >= 0.3 is 16.8 Å². The van der Waals surface area contributed by atoms with Crippen molar-refractivity contribution in [1.82, 2.24) is 0 Å². The van der Waals surface area contributed by atoms with Crippen molar-refractivity contribution in [3.63, 3.8) is 0 Å². The van der Waals surface area contributed by atoms with E-state index >= 15 is 0 Å². The fraction of sp³-hybridized carbons (Fsp3) is 0.282. The Morgan fingerprint density at radius 3 is 1.31 bits per heavy atom. The number of nitrogens with zero attached hydrogens (tertiary/aromatic N) is 2. The van der Waals surface area contributed by atoms with Gasteiger partial charge in [-0.2, -0.15) is 0 Å². The van der Waals surface area contributed by atoms with Gasteiger partial charge in [0.05, 0.1) is 12.1 Å². The van der Waals surface area contributed by atoms with Gasteiger partial charge in [-0.1, -0.05) is 74.5 Å². The predicted octanol–water partition coefficient (Wildman–Crippen LogP) is 5.53. The zero-order valence-corrected chi connectivity index (χ0v) is 28.7. The zero-order chi connectivity index (χ0) is 34.3. The maximum atomic E-state index is 10.9. The number of aromatic hydroxyl groups is 2. The molecule has 1 aliphatic rings. The Kier molecular flexibility index (Phi) is 16.3. The predicted molar refractivity (Wildman–Crippen MR) is 184 cm³/mol. The topological polar surface area (TPSA) is 145 Å². The summed E-state index contributed by atoms with van der Waals surface area (Å²) < 4.78 is 0. The average molecular weight is 694 g/mol. The molecule has 1 radical (unpaired) electrons. The second-order valence-electron chi connectivity index (χ2n) is 11.2. The van der Waals surface area contributed by atoms with Crippen LogP contribution in [0.1, 0.15) is 69.2 Å². The summed E-state index contributed by atoms with van der Waals surface area (Å²) in [5.41, 5.74) is 7.70. The van der Waals surface area contributed by atoms with Gasteiger partial charge in [0, 0.05) is 35.5 Å². The summed E-state index contributed by atoms with van der Waals surface area (Å²) >= 11 is 0. The number of aliphatic carboxylic acids is 2. The van der Waals surface area contributed by atoms with Gasteiger partial charge in [-0.05, 0) is 104 Å². The summed E-state index contributed by atoms with van der Waals surface area (Å²) in [7, 11) is 0. The van der Waals surface area contributed by atoms with Crippen molar-refractivity contribution in [2.45, 2.75) is 71.9 Å². The number of hydrogen-bond donors (Lipinski definition) is 2. The maximum absolute atomic E-state index is 10.9. The number of phenolic OH excluding ortho intramolecular Hbond substituents is 2. The van der Waals surface area contributed by atoms with Crippen LogP contribution in [0.2, 0.25) is 0 Å². The van der Waals surface area contributed by atoms with E-state index in [9.17, 15) is 10.2 Å². The van der Waals surface area contributed by atoms with Crippen molar-refractivity contribution in [2.75, 3.05) is 0 Å². The minimum Gasteiger partial charge on any atom is -0.550 e. The maximum Gasteiger partial charge on any atom is 2.00 e. The Hall–Kier alpha value is -4.73. The second-order valence-corrected chi connectivity index (χ2v) is 11.2. The Balaban J connectivity index is 0.000000803. The molecule has 5 rings (SSSR count). The van der Waals surface area contributed by atoms with Crippen LogP contribution in [0.25, 0.3) is 22.3 Å². The van der Waals surface area contributed by atoms with Crippen LogP contribution in [0.3, 0.4) is 0 Å². The molecule has 1 fully saturated rings. The molecule has 1 saturated carbocycles. The standard InChI is InChI=1S/C35H36N2O2.2C2H4O2.Co/c1-3-24-18-28(26-12-7-5-8-13-26)20-30(34(24)38)22-36-32-16-11-17-33(32)37-23-31-21-29(19-25(4-2)35(31)39)27-14-9-6-10-15-27;2*1-2(3)4;/h5-10,12-15,18-23,32-33,38-39H,3-4,11,16-17H2,1-2H3;2*1H3,(H,3,4);/q;;;+2/p-2. The van der Waals surface area contributed by atoms with Gasteiger partial charge in [-0.3, -0.25) is 9.98 Å². The first-order valence-corrected chi connectivity index (χ1v) is 15.8. The number of aliphatic imine (C=N–C) groups is 2. The minimum atomic E-state index is -1.08. The van der Waals surface area contributed by atoms with Crippen LogP contribution < -0.4 is 10.2 Å². The van der Waals surface area contributed by atoms with E-state index in [-0.39, 0.29) is 28.9 Å². The number of phenols is 2. The van der Waals surface area contributed by atoms with Gasteiger partial charge < -0.3 is 30.0 Å². The Bertz CT molecular complexity index is 1560. The minimum absolute atomic E-state index is 0. The molecule has 9 heteroatoms. The molecule has 0 heterocycles. The van der Waals surface area contributed by atoms with E-state index in [1.165, 1.54) is 0 Å². The van der Waals surface area contributed by atoms with Gasteiger partial charge in [-0.25, -0.2) is 0 Å². The average Bonchev–Trinajstić information content (AvgIpc) is 3.51. The number of rotatable bonds is 8. The molecule has 2 unspecified atom stereocenters. The molecule has 2 N–H and O–H groups in total. The summed E-state index contributed by atoms with van der Waals surface area (Å²) in [6.45, 7) is 6.05. The Labute approximate surface area is 293 Å². The summed E-state index contributed by atoms with van der Waals surface area (Å²) in [4.78, 5) is 27.6. The number of carboxylic acid groups (broad SMARTS) is 2. The van der Waals surface area contributed by atoms with Crippen LogP contribution in [0.4, 0.5) is 0 Å². The number of carbonyl (C=O) groups excluding carboxylic acids is 2. The molecular weight excluding hydrogens is 651 g/mol. The first-order chi connectivity index (χ1) is 22.5.